The lowest BCUT2D eigenvalue weighted by Crippen LogP contribution is -2.39. The lowest BCUT2D eigenvalue weighted by Gasteiger charge is -2.10. The number of amides is 1. The summed E-state index contributed by atoms with van der Waals surface area (Å²) in [5.74, 6) is -0.142. The van der Waals surface area contributed by atoms with Crippen LogP contribution in [0.5, 0.6) is 0 Å². The first-order valence-corrected chi connectivity index (χ1v) is 6.39. The van der Waals surface area contributed by atoms with Crippen LogP contribution in [0.4, 0.5) is 5.69 Å². The third-order valence-electron chi connectivity index (χ3n) is 1.89. The molecule has 1 rings (SSSR count). The van der Waals surface area contributed by atoms with Crippen molar-refractivity contribution in [3.8, 4) is 0 Å². The maximum atomic E-state index is 11.6. The van der Waals surface area contributed by atoms with Gasteiger partial charge in [-0.2, -0.15) is 0 Å². The lowest BCUT2D eigenvalue weighted by atomic mass is 10.3. The van der Waals surface area contributed by atoms with Gasteiger partial charge in [-0.25, -0.2) is 0 Å². The van der Waals surface area contributed by atoms with Crippen molar-refractivity contribution in [1.29, 1.82) is 0 Å². The van der Waals surface area contributed by atoms with Crippen molar-refractivity contribution >= 4 is 44.9 Å². The quantitative estimate of drug-likeness (QED) is 0.743. The largest absolute Gasteiger partial charge is 0.363 e. The summed E-state index contributed by atoms with van der Waals surface area (Å²) in [6.45, 7) is 2.82. The smallest absolute Gasteiger partial charge is 0.243 e. The van der Waals surface area contributed by atoms with Crippen molar-refractivity contribution in [3.63, 3.8) is 0 Å². The fourth-order valence-corrected chi connectivity index (χ4v) is 1.74. The van der Waals surface area contributed by atoms with E-state index in [1.54, 1.807) is 0 Å². The molecule has 0 bridgehead atoms. The molecule has 0 aliphatic carbocycles. The number of para-hydroxylation sites is 1. The first kappa shape index (κ1) is 13.9. The molecule has 3 N–H and O–H groups in total. The van der Waals surface area contributed by atoms with Gasteiger partial charge in [-0.3, -0.25) is 4.79 Å². The van der Waals surface area contributed by atoms with Crippen LogP contribution in [0.3, 0.4) is 0 Å². The van der Waals surface area contributed by atoms with Gasteiger partial charge in [-0.05, 0) is 47.2 Å². The fourth-order valence-electron chi connectivity index (χ4n) is 1.14. The van der Waals surface area contributed by atoms with Gasteiger partial charge >= 0.3 is 0 Å². The Bertz CT molecular complexity index is 411. The zero-order chi connectivity index (χ0) is 12.7. The summed E-state index contributed by atoms with van der Waals surface area (Å²) in [7, 11) is 0. The highest BCUT2D eigenvalue weighted by atomic mass is 79.9. The third-order valence-corrected chi connectivity index (χ3v) is 2.87. The first-order chi connectivity index (χ1) is 8.13. The van der Waals surface area contributed by atoms with Crippen LogP contribution in [0.2, 0.25) is 0 Å². The van der Waals surface area contributed by atoms with E-state index in [1.165, 1.54) is 0 Å². The van der Waals surface area contributed by atoms with Crippen LogP contribution in [0.15, 0.2) is 28.7 Å². The Labute approximate surface area is 114 Å². The van der Waals surface area contributed by atoms with Gasteiger partial charge in [0.15, 0.2) is 5.11 Å². The van der Waals surface area contributed by atoms with E-state index in [9.17, 15) is 4.79 Å². The molecule has 0 heterocycles. The molecule has 0 saturated carbocycles. The Balaban J connectivity index is 2.40. The Morgan fingerprint density at radius 3 is 2.71 bits per heavy atom. The van der Waals surface area contributed by atoms with Gasteiger partial charge in [-0.15, -0.1) is 0 Å². The fraction of sp³-hybridized carbons (Fsp3) is 0.273. The Morgan fingerprint density at radius 1 is 1.35 bits per heavy atom. The predicted molar refractivity (Wildman–Crippen MR) is 77.0 cm³/mol. The lowest BCUT2D eigenvalue weighted by molar-refractivity contribution is -0.115. The van der Waals surface area contributed by atoms with E-state index in [2.05, 4.69) is 31.9 Å². The van der Waals surface area contributed by atoms with E-state index < -0.39 is 0 Å². The highest BCUT2D eigenvalue weighted by Crippen LogP contribution is 2.20. The summed E-state index contributed by atoms with van der Waals surface area (Å²) >= 11 is 8.31. The number of halogens is 1. The van der Waals surface area contributed by atoms with Gasteiger partial charge in [-0.1, -0.05) is 12.1 Å². The molecule has 0 fully saturated rings. The molecule has 92 valence electrons. The molecule has 1 aromatic rings. The molecule has 6 heteroatoms. The van der Waals surface area contributed by atoms with Gasteiger partial charge in [0.2, 0.25) is 5.91 Å². The zero-order valence-electron chi connectivity index (χ0n) is 9.42. The van der Waals surface area contributed by atoms with Crippen LogP contribution in [0.25, 0.3) is 0 Å². The number of nitrogens with one attached hydrogen (secondary N) is 3. The number of thiocarbonyl (C=S) groups is 1. The Morgan fingerprint density at radius 2 is 2.06 bits per heavy atom. The zero-order valence-corrected chi connectivity index (χ0v) is 11.8. The van der Waals surface area contributed by atoms with E-state index in [0.717, 1.165) is 16.7 Å². The van der Waals surface area contributed by atoms with Gasteiger partial charge in [0.25, 0.3) is 0 Å². The predicted octanol–water partition coefficient (Wildman–Crippen LogP) is 1.87. The summed E-state index contributed by atoms with van der Waals surface area (Å²) in [6.07, 6.45) is 0. The van der Waals surface area contributed by atoms with E-state index in [4.69, 9.17) is 12.2 Å². The van der Waals surface area contributed by atoms with Crippen LogP contribution in [-0.2, 0) is 4.79 Å². The number of benzene rings is 1. The number of carbonyl (C=O) groups excluding carboxylic acids is 1. The highest BCUT2D eigenvalue weighted by molar-refractivity contribution is 9.10. The average Bonchev–Trinajstić information content (AvgIpc) is 2.30. The third kappa shape index (κ3) is 5.14. The van der Waals surface area contributed by atoms with Crippen LogP contribution in [-0.4, -0.2) is 24.1 Å². The molecular formula is C11H14BrN3OS. The summed E-state index contributed by atoms with van der Waals surface area (Å²) in [4.78, 5) is 11.6. The molecule has 4 nitrogen and oxygen atoms in total. The molecular weight excluding hydrogens is 302 g/mol. The molecule has 0 aromatic heterocycles. The van der Waals surface area contributed by atoms with Crippen molar-refractivity contribution in [2.45, 2.75) is 6.92 Å². The number of anilines is 1. The van der Waals surface area contributed by atoms with Gasteiger partial charge in [0, 0.05) is 11.0 Å². The monoisotopic (exact) mass is 315 g/mol. The van der Waals surface area contributed by atoms with E-state index >= 15 is 0 Å². The summed E-state index contributed by atoms with van der Waals surface area (Å²) in [5.41, 5.74) is 0.744. The van der Waals surface area contributed by atoms with Crippen molar-refractivity contribution in [2.75, 3.05) is 18.4 Å². The maximum Gasteiger partial charge on any atom is 0.243 e. The minimum Gasteiger partial charge on any atom is -0.363 e. The summed E-state index contributed by atoms with van der Waals surface area (Å²) in [5, 5.41) is 8.98. The van der Waals surface area contributed by atoms with Crippen LogP contribution < -0.4 is 16.0 Å². The number of carbonyl (C=O) groups is 1. The number of hydrogen-bond donors (Lipinski definition) is 3. The SMILES string of the molecule is CCNC(=S)NCC(=O)Nc1ccccc1Br. The van der Waals surface area contributed by atoms with Gasteiger partial charge in [0.05, 0.1) is 12.2 Å². The van der Waals surface area contributed by atoms with Gasteiger partial charge in [0.1, 0.15) is 0 Å². The van der Waals surface area contributed by atoms with E-state index in [1.807, 2.05) is 31.2 Å². The minimum absolute atomic E-state index is 0.142. The second-order valence-corrected chi connectivity index (χ2v) is 4.50. The van der Waals surface area contributed by atoms with Crippen molar-refractivity contribution in [2.24, 2.45) is 0 Å². The standard InChI is InChI=1S/C11H14BrN3OS/c1-2-13-11(17)14-7-10(16)15-9-6-4-3-5-8(9)12/h3-6H,2,7H2,1H3,(H,15,16)(H2,13,14,17). The van der Waals surface area contributed by atoms with Crippen molar-refractivity contribution in [1.82, 2.24) is 10.6 Å². The van der Waals surface area contributed by atoms with E-state index in [-0.39, 0.29) is 12.5 Å². The summed E-state index contributed by atoms with van der Waals surface area (Å²) < 4.78 is 0.850. The normalized spacial score (nSPS) is 9.53. The molecule has 0 aliphatic heterocycles. The molecule has 1 aromatic carbocycles. The Kier molecular flexibility index (Phi) is 5.93. The molecule has 0 radical (unpaired) electrons. The molecule has 17 heavy (non-hydrogen) atoms. The van der Waals surface area contributed by atoms with Crippen LogP contribution in [0, 0.1) is 0 Å². The first-order valence-electron chi connectivity index (χ1n) is 5.19. The average molecular weight is 316 g/mol. The second kappa shape index (κ2) is 7.24. The van der Waals surface area contributed by atoms with Crippen molar-refractivity contribution < 1.29 is 4.79 Å². The molecule has 0 spiro atoms. The highest BCUT2D eigenvalue weighted by Gasteiger charge is 2.05. The number of rotatable bonds is 4. The molecule has 1 amide bonds. The topological polar surface area (TPSA) is 53.2 Å². The number of hydrogen-bond acceptors (Lipinski definition) is 2. The summed E-state index contributed by atoms with van der Waals surface area (Å²) in [6, 6.07) is 7.44. The molecule has 0 saturated heterocycles. The molecule has 0 aliphatic rings. The maximum absolute atomic E-state index is 11.6. The minimum atomic E-state index is -0.142. The second-order valence-electron chi connectivity index (χ2n) is 3.24. The van der Waals surface area contributed by atoms with Crippen LogP contribution >= 0.6 is 28.1 Å². The van der Waals surface area contributed by atoms with Gasteiger partial charge < -0.3 is 16.0 Å². The molecule has 0 atom stereocenters. The van der Waals surface area contributed by atoms with E-state index in [0.29, 0.717) is 5.11 Å². The van der Waals surface area contributed by atoms with Crippen LogP contribution in [0.1, 0.15) is 6.92 Å². The Hall–Kier alpha value is -1.14. The van der Waals surface area contributed by atoms with Crippen molar-refractivity contribution in [3.05, 3.63) is 28.7 Å². The molecule has 0 unspecified atom stereocenters.